The monoisotopic (exact) mass is 494 g/mol. The van der Waals surface area contributed by atoms with E-state index >= 15 is 0 Å². The van der Waals surface area contributed by atoms with E-state index in [1.165, 1.54) is 10.8 Å². The van der Waals surface area contributed by atoms with Crippen LogP contribution in [0.5, 0.6) is 5.75 Å². The highest BCUT2D eigenvalue weighted by molar-refractivity contribution is 6.14. The summed E-state index contributed by atoms with van der Waals surface area (Å²) < 4.78 is 6.94. The number of aryl methyl sites for hydroxylation is 2. The van der Waals surface area contributed by atoms with Crippen molar-refractivity contribution in [2.75, 3.05) is 7.11 Å². The molecule has 2 N–H and O–H groups in total. The molecule has 37 heavy (non-hydrogen) atoms. The second-order valence-electron chi connectivity index (χ2n) is 8.94. The van der Waals surface area contributed by atoms with E-state index in [2.05, 4.69) is 10.4 Å². The fourth-order valence-electron chi connectivity index (χ4n) is 4.25. The smallest absolute Gasteiger partial charge is 0.329 e. The van der Waals surface area contributed by atoms with Gasteiger partial charge >= 0.3 is 6.03 Å². The summed E-state index contributed by atoms with van der Waals surface area (Å²) in [4.78, 5) is 40.7. The highest BCUT2D eigenvalue weighted by Crippen LogP contribution is 2.31. The number of carbonyl (C=O) groups excluding carboxylic acids is 2. The van der Waals surface area contributed by atoms with Crippen molar-refractivity contribution in [3.8, 4) is 22.7 Å². The van der Waals surface area contributed by atoms with Gasteiger partial charge in [0.25, 0.3) is 11.5 Å². The van der Waals surface area contributed by atoms with Crippen LogP contribution in [0.3, 0.4) is 0 Å². The highest BCUT2D eigenvalue weighted by atomic mass is 16.5. The highest BCUT2D eigenvalue weighted by Gasteiger charge is 2.34. The van der Waals surface area contributed by atoms with Gasteiger partial charge in [-0.05, 0) is 49.8 Å². The minimum Gasteiger partial charge on any atom is -0.496 e. The number of para-hydroxylation sites is 1. The summed E-state index contributed by atoms with van der Waals surface area (Å²) in [5.74, 6) is 0.0567. The minimum absolute atomic E-state index is 0.0282. The molecule has 1 aliphatic rings. The number of methoxy groups -OCH3 is 1. The lowest BCUT2D eigenvalue weighted by atomic mass is 10.1. The first-order chi connectivity index (χ1) is 17.9. The number of carbonyl (C=O) groups is 2. The zero-order valence-corrected chi connectivity index (χ0v) is 20.7. The van der Waals surface area contributed by atoms with Crippen molar-refractivity contribution in [2.45, 2.75) is 20.4 Å². The number of benzene rings is 3. The molecule has 8 heteroatoms. The van der Waals surface area contributed by atoms with Crippen LogP contribution in [0.15, 0.2) is 83.3 Å². The molecular weight excluding hydrogens is 468 g/mol. The number of urea groups is 1. The van der Waals surface area contributed by atoms with Crippen molar-refractivity contribution < 1.29 is 14.3 Å². The summed E-state index contributed by atoms with van der Waals surface area (Å²) in [6.45, 7) is 4.06. The van der Waals surface area contributed by atoms with Crippen LogP contribution in [0.1, 0.15) is 22.3 Å². The van der Waals surface area contributed by atoms with Gasteiger partial charge in [0, 0.05) is 5.56 Å². The molecule has 5 rings (SSSR count). The van der Waals surface area contributed by atoms with Crippen molar-refractivity contribution in [3.05, 3.63) is 111 Å². The lowest BCUT2D eigenvalue weighted by Crippen LogP contribution is -2.30. The Morgan fingerprint density at radius 1 is 0.865 bits per heavy atom. The molecule has 1 aliphatic heterocycles. The SMILES string of the molecule is COc1ccccc1-c1[nH]n(-c2ccc(C)cc2)c(=O)c1C=C1NC(=O)N(Cc2ccc(C)cc2)C1=O. The summed E-state index contributed by atoms with van der Waals surface area (Å²) in [6, 6.07) is 21.8. The van der Waals surface area contributed by atoms with E-state index in [1.807, 2.05) is 80.6 Å². The van der Waals surface area contributed by atoms with Gasteiger partial charge in [-0.3, -0.25) is 19.6 Å². The van der Waals surface area contributed by atoms with Gasteiger partial charge in [0.15, 0.2) is 0 Å². The number of aromatic nitrogens is 2. The molecule has 1 saturated heterocycles. The predicted molar refractivity (Wildman–Crippen MR) is 141 cm³/mol. The normalized spacial score (nSPS) is 14.4. The summed E-state index contributed by atoms with van der Waals surface area (Å²) in [7, 11) is 1.55. The number of imide groups is 1. The number of hydrogen-bond donors (Lipinski definition) is 2. The Hall–Kier alpha value is -4.85. The van der Waals surface area contributed by atoms with Gasteiger partial charge in [-0.25, -0.2) is 9.48 Å². The third-order valence-electron chi connectivity index (χ3n) is 6.31. The average Bonchev–Trinajstić information content (AvgIpc) is 3.36. The molecule has 0 bridgehead atoms. The molecule has 0 aliphatic carbocycles. The van der Waals surface area contributed by atoms with Crippen molar-refractivity contribution in [1.29, 1.82) is 0 Å². The molecule has 3 aromatic carbocycles. The van der Waals surface area contributed by atoms with E-state index in [-0.39, 0.29) is 23.4 Å². The summed E-state index contributed by atoms with van der Waals surface area (Å²) in [6.07, 6.45) is 1.43. The molecule has 186 valence electrons. The maximum Gasteiger partial charge on any atom is 0.329 e. The molecular formula is C29H26N4O4. The summed E-state index contributed by atoms with van der Waals surface area (Å²) in [5, 5.41) is 5.81. The largest absolute Gasteiger partial charge is 0.496 e. The van der Waals surface area contributed by atoms with E-state index in [0.717, 1.165) is 21.6 Å². The van der Waals surface area contributed by atoms with Gasteiger partial charge in [-0.15, -0.1) is 0 Å². The van der Waals surface area contributed by atoms with Gasteiger partial charge in [0.2, 0.25) is 0 Å². The Morgan fingerprint density at radius 2 is 1.51 bits per heavy atom. The van der Waals surface area contributed by atoms with Crippen LogP contribution >= 0.6 is 0 Å². The second-order valence-corrected chi connectivity index (χ2v) is 8.94. The molecule has 0 unspecified atom stereocenters. The van der Waals surface area contributed by atoms with Crippen molar-refractivity contribution in [1.82, 2.24) is 20.0 Å². The molecule has 1 fully saturated rings. The molecule has 0 radical (unpaired) electrons. The zero-order chi connectivity index (χ0) is 26.1. The lowest BCUT2D eigenvalue weighted by Gasteiger charge is -2.11. The topological polar surface area (TPSA) is 96.4 Å². The van der Waals surface area contributed by atoms with Crippen LogP contribution in [0.2, 0.25) is 0 Å². The Labute approximate surface area is 213 Å². The van der Waals surface area contributed by atoms with Gasteiger partial charge in [-0.1, -0.05) is 59.7 Å². The van der Waals surface area contributed by atoms with Crippen molar-refractivity contribution >= 4 is 18.0 Å². The van der Waals surface area contributed by atoms with E-state index in [4.69, 9.17) is 4.74 Å². The fourth-order valence-corrected chi connectivity index (χ4v) is 4.25. The van der Waals surface area contributed by atoms with Crippen LogP contribution in [-0.2, 0) is 11.3 Å². The third-order valence-corrected chi connectivity index (χ3v) is 6.31. The van der Waals surface area contributed by atoms with E-state index in [0.29, 0.717) is 22.7 Å². The number of ether oxygens (including phenoxy) is 1. The fraction of sp³-hybridized carbons (Fsp3) is 0.138. The molecule has 4 aromatic rings. The number of rotatable bonds is 6. The first-order valence-corrected chi connectivity index (χ1v) is 11.8. The first-order valence-electron chi connectivity index (χ1n) is 11.8. The number of H-pyrrole nitrogens is 1. The molecule has 8 nitrogen and oxygen atoms in total. The summed E-state index contributed by atoms with van der Waals surface area (Å²) in [5.41, 5.74) is 4.61. The second kappa shape index (κ2) is 9.66. The number of aromatic amines is 1. The van der Waals surface area contributed by atoms with Crippen LogP contribution in [0.25, 0.3) is 23.0 Å². The van der Waals surface area contributed by atoms with Crippen LogP contribution in [0.4, 0.5) is 4.79 Å². The zero-order valence-electron chi connectivity index (χ0n) is 20.7. The third kappa shape index (κ3) is 4.56. The number of nitrogens with zero attached hydrogens (tertiary/aromatic N) is 2. The Bertz CT molecular complexity index is 1580. The van der Waals surface area contributed by atoms with E-state index in [1.54, 1.807) is 13.2 Å². The van der Waals surface area contributed by atoms with E-state index < -0.39 is 11.9 Å². The molecule has 0 atom stereocenters. The lowest BCUT2D eigenvalue weighted by molar-refractivity contribution is -0.123. The van der Waals surface area contributed by atoms with Gasteiger partial charge in [0.1, 0.15) is 11.4 Å². The number of hydrogen-bond acceptors (Lipinski definition) is 4. The Balaban J connectivity index is 1.59. The van der Waals surface area contributed by atoms with Gasteiger partial charge < -0.3 is 10.1 Å². The predicted octanol–water partition coefficient (Wildman–Crippen LogP) is 4.55. The number of nitrogens with one attached hydrogen (secondary N) is 2. The average molecular weight is 495 g/mol. The molecule has 0 saturated carbocycles. The van der Waals surface area contributed by atoms with Crippen molar-refractivity contribution in [3.63, 3.8) is 0 Å². The minimum atomic E-state index is -0.537. The number of amides is 3. The standard InChI is InChI=1S/C29H26N4O4/c1-18-8-12-20(13-9-18)17-32-28(35)24(30-29(32)36)16-23-26(22-6-4-5-7-25(22)37-3)31-33(27(23)34)21-14-10-19(2)11-15-21/h4-16,31H,17H2,1-3H3,(H,30,36). The Kier molecular flexibility index (Phi) is 6.23. The van der Waals surface area contributed by atoms with Crippen LogP contribution in [0, 0.1) is 13.8 Å². The molecule has 1 aromatic heterocycles. The van der Waals surface area contributed by atoms with Gasteiger partial charge in [-0.2, -0.15) is 0 Å². The van der Waals surface area contributed by atoms with Crippen LogP contribution in [-0.4, -0.2) is 33.7 Å². The quantitative estimate of drug-likeness (QED) is 0.304. The van der Waals surface area contributed by atoms with E-state index in [9.17, 15) is 14.4 Å². The maximum atomic E-state index is 13.6. The van der Waals surface area contributed by atoms with Gasteiger partial charge in [0.05, 0.1) is 30.6 Å². The van der Waals surface area contributed by atoms with Crippen molar-refractivity contribution in [2.24, 2.45) is 0 Å². The summed E-state index contributed by atoms with van der Waals surface area (Å²) >= 11 is 0. The molecule has 2 heterocycles. The molecule has 3 amide bonds. The first kappa shape index (κ1) is 23.9. The molecule has 0 spiro atoms. The maximum absolute atomic E-state index is 13.6. The Morgan fingerprint density at radius 3 is 2.19 bits per heavy atom. The van der Waals surface area contributed by atoms with Crippen LogP contribution < -0.4 is 15.6 Å².